The Morgan fingerprint density at radius 1 is 1.05 bits per heavy atom. The van der Waals surface area contributed by atoms with Crippen molar-refractivity contribution < 1.29 is 8.78 Å². The molecule has 2 aromatic carbocycles. The Morgan fingerprint density at radius 3 is 2.43 bits per heavy atom. The number of likely N-dealkylation sites (N-methyl/N-ethyl adjacent to an activating group) is 1. The predicted molar refractivity (Wildman–Crippen MR) is 83.1 cm³/mol. The molecule has 0 heterocycles. The zero-order chi connectivity index (χ0) is 15.4. The van der Waals surface area contributed by atoms with Crippen molar-refractivity contribution in [2.75, 3.05) is 7.05 Å². The average Bonchev–Trinajstić information content (AvgIpc) is 2.44. The number of halogens is 4. The van der Waals surface area contributed by atoms with Crippen LogP contribution in [0.1, 0.15) is 11.1 Å². The van der Waals surface area contributed by atoms with E-state index in [0.29, 0.717) is 34.0 Å². The first-order chi connectivity index (χ1) is 10.0. The van der Waals surface area contributed by atoms with Crippen LogP contribution in [0.5, 0.6) is 0 Å². The summed E-state index contributed by atoms with van der Waals surface area (Å²) in [6.45, 7) is 0. The van der Waals surface area contributed by atoms with E-state index in [1.54, 1.807) is 31.3 Å². The molecule has 0 fully saturated rings. The van der Waals surface area contributed by atoms with Crippen LogP contribution < -0.4 is 5.32 Å². The molecule has 1 atom stereocenters. The molecule has 1 unspecified atom stereocenters. The summed E-state index contributed by atoms with van der Waals surface area (Å²) in [6.07, 6.45) is 0.800. The average molecular weight is 330 g/mol. The largest absolute Gasteiger partial charge is 0.316 e. The maximum absolute atomic E-state index is 13.8. The number of hydrogen-bond acceptors (Lipinski definition) is 1. The van der Waals surface area contributed by atoms with E-state index in [0.717, 1.165) is 0 Å². The van der Waals surface area contributed by atoms with E-state index in [9.17, 15) is 8.78 Å². The van der Waals surface area contributed by atoms with Gasteiger partial charge in [-0.15, -0.1) is 0 Å². The fraction of sp³-hybridized carbons (Fsp3) is 0.250. The third-order valence-corrected chi connectivity index (χ3v) is 3.99. The minimum atomic E-state index is -0.359. The predicted octanol–water partition coefficient (Wildman–Crippen LogP) is 4.64. The molecule has 0 aliphatic rings. The molecular weight excluding hydrogens is 315 g/mol. The Balaban J connectivity index is 2.17. The molecule has 0 aliphatic heterocycles. The second kappa shape index (κ2) is 7.21. The van der Waals surface area contributed by atoms with Gasteiger partial charge in [-0.1, -0.05) is 35.3 Å². The van der Waals surface area contributed by atoms with E-state index in [2.05, 4.69) is 5.32 Å². The standard InChI is InChI=1S/C16H15Cl2F2N/c1-21-12(7-10-5-6-11(17)8-16(10)20)9-13-14(18)3-2-4-15(13)19/h2-6,8,12,21H,7,9H2,1H3. The zero-order valence-electron chi connectivity index (χ0n) is 11.5. The lowest BCUT2D eigenvalue weighted by atomic mass is 9.98. The highest BCUT2D eigenvalue weighted by Gasteiger charge is 2.16. The quantitative estimate of drug-likeness (QED) is 0.842. The molecule has 0 radical (unpaired) electrons. The van der Waals surface area contributed by atoms with Crippen LogP contribution in [0.4, 0.5) is 8.78 Å². The van der Waals surface area contributed by atoms with E-state index >= 15 is 0 Å². The lowest BCUT2D eigenvalue weighted by Crippen LogP contribution is -2.30. The van der Waals surface area contributed by atoms with Gasteiger partial charge in [0.2, 0.25) is 0 Å². The molecule has 2 aromatic rings. The first kappa shape index (κ1) is 16.2. The summed E-state index contributed by atoms with van der Waals surface area (Å²) >= 11 is 11.8. The van der Waals surface area contributed by atoms with Crippen LogP contribution in [-0.4, -0.2) is 13.1 Å². The monoisotopic (exact) mass is 329 g/mol. The third kappa shape index (κ3) is 4.16. The number of nitrogens with one attached hydrogen (secondary N) is 1. The van der Waals surface area contributed by atoms with Crippen molar-refractivity contribution in [3.05, 3.63) is 69.2 Å². The summed E-state index contributed by atoms with van der Waals surface area (Å²) in [4.78, 5) is 0. The number of benzene rings is 2. The molecule has 2 rings (SSSR count). The van der Waals surface area contributed by atoms with Crippen LogP contribution >= 0.6 is 23.2 Å². The molecule has 1 N–H and O–H groups in total. The summed E-state index contributed by atoms with van der Waals surface area (Å²) in [5, 5.41) is 3.81. The van der Waals surface area contributed by atoms with Gasteiger partial charge in [0.15, 0.2) is 0 Å². The lowest BCUT2D eigenvalue weighted by molar-refractivity contribution is 0.517. The van der Waals surface area contributed by atoms with Gasteiger partial charge < -0.3 is 5.32 Å². The minimum Gasteiger partial charge on any atom is -0.316 e. The second-order valence-electron chi connectivity index (χ2n) is 4.83. The molecule has 0 saturated carbocycles. The molecule has 0 aliphatic carbocycles. The van der Waals surface area contributed by atoms with Gasteiger partial charge >= 0.3 is 0 Å². The first-order valence-corrected chi connectivity index (χ1v) is 7.31. The summed E-state index contributed by atoms with van der Waals surface area (Å²) in [6, 6.07) is 9.02. The van der Waals surface area contributed by atoms with Crippen molar-refractivity contribution in [2.45, 2.75) is 18.9 Å². The molecular formula is C16H15Cl2F2N. The molecule has 0 amide bonds. The van der Waals surface area contributed by atoms with Crippen LogP contribution in [-0.2, 0) is 12.8 Å². The third-order valence-electron chi connectivity index (χ3n) is 3.40. The fourth-order valence-electron chi connectivity index (χ4n) is 2.20. The number of hydrogen-bond donors (Lipinski definition) is 1. The topological polar surface area (TPSA) is 12.0 Å². The smallest absolute Gasteiger partial charge is 0.127 e. The summed E-state index contributed by atoms with van der Waals surface area (Å²) < 4.78 is 27.6. The first-order valence-electron chi connectivity index (χ1n) is 6.55. The van der Waals surface area contributed by atoms with Crippen molar-refractivity contribution in [1.29, 1.82) is 0 Å². The SMILES string of the molecule is CNC(Cc1ccc(Cl)cc1F)Cc1c(F)cccc1Cl. The molecule has 1 nitrogen and oxygen atoms in total. The number of rotatable bonds is 5. The molecule has 0 spiro atoms. The normalized spacial score (nSPS) is 12.4. The van der Waals surface area contributed by atoms with Gasteiger partial charge in [-0.05, 0) is 49.7 Å². The van der Waals surface area contributed by atoms with Crippen molar-refractivity contribution in [2.24, 2.45) is 0 Å². The van der Waals surface area contributed by atoms with Gasteiger partial charge in [0.25, 0.3) is 0 Å². The highest BCUT2D eigenvalue weighted by molar-refractivity contribution is 6.31. The Labute approximate surface area is 132 Å². The minimum absolute atomic E-state index is 0.130. The molecule has 0 aromatic heterocycles. The Kier molecular flexibility index (Phi) is 5.57. The Hall–Kier alpha value is -1.16. The summed E-state index contributed by atoms with van der Waals surface area (Å²) in [5.41, 5.74) is 0.971. The maximum Gasteiger partial charge on any atom is 0.127 e. The van der Waals surface area contributed by atoms with Crippen molar-refractivity contribution >= 4 is 23.2 Å². The molecule has 0 saturated heterocycles. The molecule has 5 heteroatoms. The van der Waals surface area contributed by atoms with Gasteiger partial charge in [0, 0.05) is 21.7 Å². The van der Waals surface area contributed by atoms with Gasteiger partial charge in [-0.3, -0.25) is 0 Å². The van der Waals surface area contributed by atoms with E-state index in [4.69, 9.17) is 23.2 Å². The van der Waals surface area contributed by atoms with E-state index in [1.165, 1.54) is 12.1 Å². The van der Waals surface area contributed by atoms with Crippen LogP contribution in [0.2, 0.25) is 10.0 Å². The van der Waals surface area contributed by atoms with E-state index in [1.807, 2.05) is 0 Å². The molecule has 112 valence electrons. The van der Waals surface area contributed by atoms with E-state index in [-0.39, 0.29) is 17.7 Å². The van der Waals surface area contributed by atoms with Crippen LogP contribution in [0.3, 0.4) is 0 Å². The van der Waals surface area contributed by atoms with Gasteiger partial charge in [-0.2, -0.15) is 0 Å². The van der Waals surface area contributed by atoms with Crippen LogP contribution in [0.15, 0.2) is 36.4 Å². The van der Waals surface area contributed by atoms with Crippen LogP contribution in [0, 0.1) is 11.6 Å². The molecule has 21 heavy (non-hydrogen) atoms. The zero-order valence-corrected chi connectivity index (χ0v) is 13.0. The van der Waals surface area contributed by atoms with Crippen molar-refractivity contribution in [3.8, 4) is 0 Å². The van der Waals surface area contributed by atoms with E-state index < -0.39 is 0 Å². The summed E-state index contributed by atoms with van der Waals surface area (Å²) in [5.74, 6) is -0.707. The summed E-state index contributed by atoms with van der Waals surface area (Å²) in [7, 11) is 1.76. The lowest BCUT2D eigenvalue weighted by Gasteiger charge is -2.18. The Morgan fingerprint density at radius 2 is 1.81 bits per heavy atom. The second-order valence-corrected chi connectivity index (χ2v) is 5.67. The van der Waals surface area contributed by atoms with Gasteiger partial charge in [0.05, 0.1) is 0 Å². The highest BCUT2D eigenvalue weighted by Crippen LogP contribution is 2.22. The maximum atomic E-state index is 13.8. The van der Waals surface area contributed by atoms with Gasteiger partial charge in [0.1, 0.15) is 11.6 Å². The highest BCUT2D eigenvalue weighted by atomic mass is 35.5. The van der Waals surface area contributed by atoms with Crippen molar-refractivity contribution in [3.63, 3.8) is 0 Å². The molecule has 0 bridgehead atoms. The Bertz CT molecular complexity index is 611. The van der Waals surface area contributed by atoms with Gasteiger partial charge in [-0.25, -0.2) is 8.78 Å². The van der Waals surface area contributed by atoms with Crippen LogP contribution in [0.25, 0.3) is 0 Å². The van der Waals surface area contributed by atoms with Crippen molar-refractivity contribution in [1.82, 2.24) is 5.32 Å². The fourth-order valence-corrected chi connectivity index (χ4v) is 2.60.